The first-order chi connectivity index (χ1) is 14.6. The molecule has 1 aliphatic carbocycles. The second kappa shape index (κ2) is 7.28. The molecule has 0 aliphatic heterocycles. The molecule has 0 saturated heterocycles. The topological polar surface area (TPSA) is 142 Å². The van der Waals surface area contributed by atoms with Crippen LogP contribution in [0.25, 0.3) is 33.1 Å². The van der Waals surface area contributed by atoms with Crippen LogP contribution in [0.15, 0.2) is 36.7 Å². The third-order valence-corrected chi connectivity index (χ3v) is 5.83. The number of fused-ring (bicyclic) bond motifs is 2. The Kier molecular flexibility index (Phi) is 4.45. The molecule has 1 aromatic carbocycles. The van der Waals surface area contributed by atoms with Gasteiger partial charge in [0.1, 0.15) is 5.82 Å². The number of aromatic amines is 1. The number of hydrogen-bond acceptors (Lipinski definition) is 7. The first-order valence-electron chi connectivity index (χ1n) is 10.1. The van der Waals surface area contributed by atoms with E-state index < -0.39 is 0 Å². The van der Waals surface area contributed by atoms with E-state index in [4.69, 9.17) is 21.7 Å². The molecule has 0 radical (unpaired) electrons. The van der Waals surface area contributed by atoms with Crippen molar-refractivity contribution in [3.05, 3.63) is 42.2 Å². The predicted octanol–water partition coefficient (Wildman–Crippen LogP) is 3.31. The summed E-state index contributed by atoms with van der Waals surface area (Å²) in [5, 5.41) is 14.2. The summed E-state index contributed by atoms with van der Waals surface area (Å²) < 4.78 is 0. The van der Waals surface area contributed by atoms with Gasteiger partial charge in [-0.05, 0) is 37.1 Å². The Hall–Kier alpha value is -3.70. The lowest BCUT2D eigenvalue weighted by molar-refractivity contribution is 0.402. The Balaban J connectivity index is 1.59. The van der Waals surface area contributed by atoms with Crippen molar-refractivity contribution >= 4 is 33.6 Å². The van der Waals surface area contributed by atoms with E-state index >= 15 is 0 Å². The first-order valence-corrected chi connectivity index (χ1v) is 10.1. The molecule has 3 aromatic heterocycles. The summed E-state index contributed by atoms with van der Waals surface area (Å²) >= 11 is 0. The van der Waals surface area contributed by atoms with E-state index in [9.17, 15) is 0 Å². The van der Waals surface area contributed by atoms with Gasteiger partial charge in [-0.1, -0.05) is 12.8 Å². The maximum absolute atomic E-state index is 9.16. The third kappa shape index (κ3) is 3.19. The number of hydrogen-bond donors (Lipinski definition) is 4. The highest BCUT2D eigenvalue weighted by Crippen LogP contribution is 2.32. The molecule has 2 atom stereocenters. The van der Waals surface area contributed by atoms with Crippen molar-refractivity contribution in [1.82, 2.24) is 19.9 Å². The summed E-state index contributed by atoms with van der Waals surface area (Å²) in [7, 11) is 0. The summed E-state index contributed by atoms with van der Waals surface area (Å²) in [6, 6.07) is 9.98. The van der Waals surface area contributed by atoms with E-state index in [1.54, 1.807) is 18.5 Å². The van der Waals surface area contributed by atoms with Gasteiger partial charge in [0, 0.05) is 40.9 Å². The fourth-order valence-electron chi connectivity index (χ4n) is 4.16. The molecule has 30 heavy (non-hydrogen) atoms. The predicted molar refractivity (Wildman–Crippen MR) is 118 cm³/mol. The van der Waals surface area contributed by atoms with E-state index in [2.05, 4.69) is 26.3 Å². The van der Waals surface area contributed by atoms with Gasteiger partial charge in [-0.15, -0.1) is 0 Å². The molecule has 0 amide bonds. The van der Waals surface area contributed by atoms with Crippen LogP contribution in [0.5, 0.6) is 0 Å². The fourth-order valence-corrected chi connectivity index (χ4v) is 4.16. The van der Waals surface area contributed by atoms with Crippen LogP contribution in [-0.2, 0) is 0 Å². The Labute approximate surface area is 173 Å². The standard InChI is InChI=1S/C22H22N8/c23-9-12-5-6-17-13(7-12)8-19(28-17)14-10-26-21(25)15-11-27-22(30-20(14)15)29-18-4-2-1-3-16(18)24/h5-8,10-11,16,18,28H,1-4,24H2,(H2,25,26)(H,27,29,30). The number of nitrogens with two attached hydrogens (primary N) is 2. The van der Waals surface area contributed by atoms with Crippen LogP contribution in [0, 0.1) is 11.3 Å². The lowest BCUT2D eigenvalue weighted by Crippen LogP contribution is -2.42. The van der Waals surface area contributed by atoms with Crippen LogP contribution in [-0.4, -0.2) is 32.0 Å². The molecule has 5 rings (SSSR count). The minimum absolute atomic E-state index is 0.100. The number of pyridine rings is 1. The van der Waals surface area contributed by atoms with Crippen LogP contribution in [0.4, 0.5) is 11.8 Å². The smallest absolute Gasteiger partial charge is 0.223 e. The highest BCUT2D eigenvalue weighted by molar-refractivity contribution is 6.00. The van der Waals surface area contributed by atoms with Crippen molar-refractivity contribution in [3.63, 3.8) is 0 Å². The number of nitrogens with one attached hydrogen (secondary N) is 2. The van der Waals surface area contributed by atoms with Crippen molar-refractivity contribution in [2.75, 3.05) is 11.1 Å². The number of nitrogens with zero attached hydrogens (tertiary/aromatic N) is 4. The Morgan fingerprint density at radius 3 is 2.83 bits per heavy atom. The first kappa shape index (κ1) is 18.3. The SMILES string of the molecule is N#Cc1ccc2[nH]c(-c3cnc(N)c4cnc(NC5CCCCC5N)nc34)cc2c1. The number of anilines is 2. The molecular weight excluding hydrogens is 376 g/mol. The molecule has 6 N–H and O–H groups in total. The van der Waals surface area contributed by atoms with Crippen LogP contribution >= 0.6 is 0 Å². The minimum Gasteiger partial charge on any atom is -0.383 e. The van der Waals surface area contributed by atoms with E-state index in [0.717, 1.165) is 53.4 Å². The number of rotatable bonds is 3. The van der Waals surface area contributed by atoms with Gasteiger partial charge >= 0.3 is 0 Å². The number of aromatic nitrogens is 4. The Morgan fingerprint density at radius 1 is 1.13 bits per heavy atom. The lowest BCUT2D eigenvalue weighted by atomic mass is 9.91. The number of H-pyrrole nitrogens is 1. The molecule has 3 heterocycles. The highest BCUT2D eigenvalue weighted by atomic mass is 15.1. The van der Waals surface area contributed by atoms with E-state index in [1.165, 1.54) is 0 Å². The van der Waals surface area contributed by atoms with Crippen LogP contribution in [0.2, 0.25) is 0 Å². The van der Waals surface area contributed by atoms with Crippen LogP contribution in [0.1, 0.15) is 31.2 Å². The summed E-state index contributed by atoms with van der Waals surface area (Å²) in [6.45, 7) is 0. The molecule has 8 heteroatoms. The van der Waals surface area contributed by atoms with Gasteiger partial charge in [-0.2, -0.15) is 5.26 Å². The normalized spacial score (nSPS) is 19.1. The van der Waals surface area contributed by atoms with E-state index in [1.807, 2.05) is 18.2 Å². The largest absolute Gasteiger partial charge is 0.383 e. The maximum atomic E-state index is 9.16. The number of nitriles is 1. The zero-order valence-electron chi connectivity index (χ0n) is 16.4. The van der Waals surface area contributed by atoms with Gasteiger partial charge in [0.2, 0.25) is 5.95 Å². The number of benzene rings is 1. The maximum Gasteiger partial charge on any atom is 0.223 e. The van der Waals surface area contributed by atoms with Gasteiger partial charge in [0.25, 0.3) is 0 Å². The van der Waals surface area contributed by atoms with Crippen molar-refractivity contribution in [1.29, 1.82) is 5.26 Å². The molecule has 1 saturated carbocycles. The monoisotopic (exact) mass is 398 g/mol. The van der Waals surface area contributed by atoms with Gasteiger partial charge < -0.3 is 21.8 Å². The Morgan fingerprint density at radius 2 is 2.00 bits per heavy atom. The van der Waals surface area contributed by atoms with Crippen molar-refractivity contribution in [2.45, 2.75) is 37.8 Å². The van der Waals surface area contributed by atoms with E-state index in [-0.39, 0.29) is 12.1 Å². The van der Waals surface area contributed by atoms with E-state index in [0.29, 0.717) is 22.7 Å². The quantitative estimate of drug-likeness (QED) is 0.414. The third-order valence-electron chi connectivity index (χ3n) is 5.83. The molecule has 4 aromatic rings. The lowest BCUT2D eigenvalue weighted by Gasteiger charge is -2.29. The average Bonchev–Trinajstić information content (AvgIpc) is 3.18. The molecule has 2 unspecified atom stereocenters. The average molecular weight is 398 g/mol. The molecule has 8 nitrogen and oxygen atoms in total. The zero-order valence-corrected chi connectivity index (χ0v) is 16.4. The summed E-state index contributed by atoms with van der Waals surface area (Å²) in [4.78, 5) is 16.9. The second-order valence-corrected chi connectivity index (χ2v) is 7.81. The Bertz CT molecular complexity index is 1290. The second-order valence-electron chi connectivity index (χ2n) is 7.81. The van der Waals surface area contributed by atoms with Gasteiger partial charge in [0.05, 0.1) is 28.2 Å². The minimum atomic E-state index is 0.100. The van der Waals surface area contributed by atoms with Crippen LogP contribution < -0.4 is 16.8 Å². The zero-order chi connectivity index (χ0) is 20.7. The molecule has 1 aliphatic rings. The molecule has 1 fully saturated rings. The molecule has 0 spiro atoms. The van der Waals surface area contributed by atoms with Crippen LogP contribution in [0.3, 0.4) is 0 Å². The molecular formula is C22H22N8. The van der Waals surface area contributed by atoms with Gasteiger partial charge in [-0.25, -0.2) is 15.0 Å². The van der Waals surface area contributed by atoms with Gasteiger partial charge in [-0.3, -0.25) is 0 Å². The molecule has 0 bridgehead atoms. The van der Waals surface area contributed by atoms with Gasteiger partial charge in [0.15, 0.2) is 0 Å². The summed E-state index contributed by atoms with van der Waals surface area (Å²) in [6.07, 6.45) is 7.77. The summed E-state index contributed by atoms with van der Waals surface area (Å²) in [5.41, 5.74) is 16.3. The summed E-state index contributed by atoms with van der Waals surface area (Å²) in [5.74, 6) is 0.928. The van der Waals surface area contributed by atoms with Crippen molar-refractivity contribution in [2.24, 2.45) is 5.73 Å². The fraction of sp³-hybridized carbons (Fsp3) is 0.273. The van der Waals surface area contributed by atoms with Crippen molar-refractivity contribution < 1.29 is 0 Å². The number of nitrogen functional groups attached to an aromatic ring is 1. The highest BCUT2D eigenvalue weighted by Gasteiger charge is 2.23. The molecule has 150 valence electrons. The van der Waals surface area contributed by atoms with Crippen molar-refractivity contribution in [3.8, 4) is 17.3 Å².